The van der Waals surface area contributed by atoms with E-state index in [-0.39, 0.29) is 11.7 Å². The summed E-state index contributed by atoms with van der Waals surface area (Å²) in [6, 6.07) is 3.82. The van der Waals surface area contributed by atoms with Crippen LogP contribution in [-0.2, 0) is 7.05 Å². The summed E-state index contributed by atoms with van der Waals surface area (Å²) in [6.45, 7) is 3.08. The van der Waals surface area contributed by atoms with Gasteiger partial charge in [0.2, 0.25) is 5.82 Å². The summed E-state index contributed by atoms with van der Waals surface area (Å²) < 4.78 is 3.44. The molecule has 1 aliphatic heterocycles. The molecule has 0 saturated carbocycles. The van der Waals surface area contributed by atoms with Crippen LogP contribution in [0.5, 0.6) is 0 Å². The molecule has 8 heteroatoms. The lowest BCUT2D eigenvalue weighted by atomic mass is 10.0. The summed E-state index contributed by atoms with van der Waals surface area (Å²) in [7, 11) is 1.92. The molecule has 4 rings (SSSR count). The molecule has 0 atom stereocenters. The second-order valence-corrected chi connectivity index (χ2v) is 5.80. The van der Waals surface area contributed by atoms with Crippen LogP contribution in [0, 0.1) is 6.92 Å². The highest BCUT2D eigenvalue weighted by Crippen LogP contribution is 2.22. The Balaban J connectivity index is 1.56. The smallest absolute Gasteiger partial charge is 0.293 e. The molecule has 8 nitrogen and oxygen atoms in total. The molecule has 0 N–H and O–H groups in total. The van der Waals surface area contributed by atoms with Crippen LogP contribution in [0.3, 0.4) is 0 Å². The Morgan fingerprint density at radius 3 is 2.79 bits per heavy atom. The number of amides is 1. The predicted octanol–water partition coefficient (Wildman–Crippen LogP) is 1.10. The van der Waals surface area contributed by atoms with Gasteiger partial charge in [0.25, 0.3) is 11.7 Å². The van der Waals surface area contributed by atoms with E-state index in [1.807, 2.05) is 30.8 Å². The average Bonchev–Trinajstić information content (AvgIpc) is 3.21. The number of carbonyl (C=O) groups excluding carboxylic acids is 1. The average molecular weight is 323 g/mol. The second-order valence-electron chi connectivity index (χ2n) is 5.80. The molecule has 0 radical (unpaired) electrons. The van der Waals surface area contributed by atoms with E-state index in [1.165, 1.54) is 5.57 Å². The maximum atomic E-state index is 12.7. The highest BCUT2D eigenvalue weighted by molar-refractivity contribution is 5.91. The maximum absolute atomic E-state index is 12.7. The minimum atomic E-state index is -0.166. The van der Waals surface area contributed by atoms with E-state index in [1.54, 1.807) is 21.8 Å². The van der Waals surface area contributed by atoms with Crippen molar-refractivity contribution in [3.05, 3.63) is 47.8 Å². The SMILES string of the molecule is Cc1ccnc2nc(C(=O)N3CC=C(c4ccnn4C)CC3)nn12. The normalized spacial score (nSPS) is 14.9. The number of aryl methyl sites for hydroxylation is 2. The summed E-state index contributed by atoms with van der Waals surface area (Å²) in [5.74, 6) is 0.468. The molecule has 0 bridgehead atoms. The van der Waals surface area contributed by atoms with E-state index in [4.69, 9.17) is 0 Å². The predicted molar refractivity (Wildman–Crippen MR) is 87.2 cm³/mol. The first-order chi connectivity index (χ1) is 11.6. The Labute approximate surface area is 138 Å². The molecule has 24 heavy (non-hydrogen) atoms. The molecular weight excluding hydrogens is 306 g/mol. The Hall–Kier alpha value is -3.03. The van der Waals surface area contributed by atoms with Crippen molar-refractivity contribution in [2.24, 2.45) is 7.05 Å². The molecule has 3 aromatic rings. The van der Waals surface area contributed by atoms with Gasteiger partial charge in [0.05, 0.1) is 5.69 Å². The molecule has 3 aromatic heterocycles. The Bertz CT molecular complexity index is 952. The molecule has 1 aliphatic rings. The zero-order valence-electron chi connectivity index (χ0n) is 13.5. The van der Waals surface area contributed by atoms with Gasteiger partial charge in [0, 0.05) is 38.2 Å². The van der Waals surface area contributed by atoms with Crippen LogP contribution in [0.25, 0.3) is 11.4 Å². The largest absolute Gasteiger partial charge is 0.332 e. The van der Waals surface area contributed by atoms with Gasteiger partial charge in [-0.15, -0.1) is 5.10 Å². The Morgan fingerprint density at radius 1 is 1.25 bits per heavy atom. The summed E-state index contributed by atoms with van der Waals surface area (Å²) in [6.07, 6.45) is 6.30. The van der Waals surface area contributed by atoms with E-state index in [0.717, 1.165) is 17.8 Å². The zero-order chi connectivity index (χ0) is 16.7. The van der Waals surface area contributed by atoms with Gasteiger partial charge in [-0.2, -0.15) is 10.1 Å². The molecule has 0 unspecified atom stereocenters. The van der Waals surface area contributed by atoms with Crippen LogP contribution in [0.4, 0.5) is 0 Å². The van der Waals surface area contributed by atoms with Gasteiger partial charge in [-0.05, 0) is 31.1 Å². The fourth-order valence-electron chi connectivity index (χ4n) is 2.91. The monoisotopic (exact) mass is 323 g/mol. The highest BCUT2D eigenvalue weighted by atomic mass is 16.2. The minimum absolute atomic E-state index is 0.166. The van der Waals surface area contributed by atoms with E-state index < -0.39 is 0 Å². The Kier molecular flexibility index (Phi) is 3.37. The van der Waals surface area contributed by atoms with Crippen LogP contribution in [0.2, 0.25) is 0 Å². The van der Waals surface area contributed by atoms with Crippen LogP contribution < -0.4 is 0 Å². The highest BCUT2D eigenvalue weighted by Gasteiger charge is 2.24. The molecule has 0 spiro atoms. The first-order valence-corrected chi connectivity index (χ1v) is 7.78. The summed E-state index contributed by atoms with van der Waals surface area (Å²) in [5.41, 5.74) is 3.19. The van der Waals surface area contributed by atoms with Crippen molar-refractivity contribution >= 4 is 17.3 Å². The summed E-state index contributed by atoms with van der Waals surface area (Å²) >= 11 is 0. The van der Waals surface area contributed by atoms with Crippen molar-refractivity contribution < 1.29 is 4.79 Å². The number of nitrogens with zero attached hydrogens (tertiary/aromatic N) is 7. The van der Waals surface area contributed by atoms with Gasteiger partial charge < -0.3 is 4.90 Å². The third-order valence-electron chi connectivity index (χ3n) is 4.27. The van der Waals surface area contributed by atoms with Gasteiger partial charge in [-0.25, -0.2) is 9.50 Å². The third-order valence-corrected chi connectivity index (χ3v) is 4.27. The number of rotatable bonds is 2. The molecule has 0 aromatic carbocycles. The minimum Gasteiger partial charge on any atom is -0.332 e. The van der Waals surface area contributed by atoms with Crippen molar-refractivity contribution in [2.45, 2.75) is 13.3 Å². The van der Waals surface area contributed by atoms with Crippen molar-refractivity contribution in [3.8, 4) is 0 Å². The van der Waals surface area contributed by atoms with Gasteiger partial charge in [-0.3, -0.25) is 9.48 Å². The van der Waals surface area contributed by atoms with E-state index in [0.29, 0.717) is 18.9 Å². The molecule has 0 saturated heterocycles. The van der Waals surface area contributed by atoms with Crippen LogP contribution in [-0.4, -0.2) is 53.3 Å². The van der Waals surface area contributed by atoms with Crippen LogP contribution in [0.1, 0.15) is 28.4 Å². The van der Waals surface area contributed by atoms with Crippen molar-refractivity contribution in [2.75, 3.05) is 13.1 Å². The third kappa shape index (κ3) is 2.36. The lowest BCUT2D eigenvalue weighted by Crippen LogP contribution is -2.35. The van der Waals surface area contributed by atoms with Crippen LogP contribution in [0.15, 0.2) is 30.6 Å². The second kappa shape index (κ2) is 5.55. The number of carbonyl (C=O) groups is 1. The summed E-state index contributed by atoms with van der Waals surface area (Å²) in [4.78, 5) is 22.8. The first-order valence-electron chi connectivity index (χ1n) is 7.78. The van der Waals surface area contributed by atoms with Crippen molar-refractivity contribution in [3.63, 3.8) is 0 Å². The zero-order valence-corrected chi connectivity index (χ0v) is 13.5. The van der Waals surface area contributed by atoms with Gasteiger partial charge in [-0.1, -0.05) is 6.08 Å². The number of hydrogen-bond acceptors (Lipinski definition) is 5. The molecule has 1 amide bonds. The van der Waals surface area contributed by atoms with Gasteiger partial charge in [0.15, 0.2) is 0 Å². The van der Waals surface area contributed by atoms with Gasteiger partial charge in [0.1, 0.15) is 0 Å². The lowest BCUT2D eigenvalue weighted by Gasteiger charge is -2.25. The first kappa shape index (κ1) is 14.6. The molecule has 122 valence electrons. The standard InChI is InChI=1S/C16H17N7O/c1-11-3-7-17-16-19-14(20-23(11)16)15(24)22-9-5-12(6-10-22)13-4-8-18-21(13)2/h3-5,7-8H,6,9-10H2,1-2H3. The summed E-state index contributed by atoms with van der Waals surface area (Å²) in [5, 5.41) is 8.48. The molecule has 0 aliphatic carbocycles. The van der Waals surface area contributed by atoms with E-state index in [2.05, 4.69) is 26.2 Å². The molecular formula is C16H17N7O. The molecule has 0 fully saturated rings. The quantitative estimate of drug-likeness (QED) is 0.705. The number of fused-ring (bicyclic) bond motifs is 1. The topological polar surface area (TPSA) is 81.2 Å². The fourth-order valence-corrected chi connectivity index (χ4v) is 2.91. The van der Waals surface area contributed by atoms with Crippen molar-refractivity contribution in [1.29, 1.82) is 0 Å². The lowest BCUT2D eigenvalue weighted by molar-refractivity contribution is 0.0761. The van der Waals surface area contributed by atoms with Gasteiger partial charge >= 0.3 is 0 Å². The van der Waals surface area contributed by atoms with Crippen molar-refractivity contribution in [1.82, 2.24) is 34.3 Å². The van der Waals surface area contributed by atoms with Crippen LogP contribution >= 0.6 is 0 Å². The fraction of sp³-hybridized carbons (Fsp3) is 0.312. The number of aromatic nitrogens is 6. The maximum Gasteiger partial charge on any atom is 0.293 e. The van der Waals surface area contributed by atoms with E-state index in [9.17, 15) is 4.79 Å². The Morgan fingerprint density at radius 2 is 2.12 bits per heavy atom. The molecule has 4 heterocycles. The number of hydrogen-bond donors (Lipinski definition) is 0. The van der Waals surface area contributed by atoms with E-state index >= 15 is 0 Å².